The number of benzene rings is 1. The standard InChI is InChI=1S/C15H19NO4S/c17-14-2-1-12-3-5-16(9-13(12)8-14)15(18)7-11-4-6-21(19,20)10-11/h1-2,8,11,17H,3-7,9-10H2. The van der Waals surface area contributed by atoms with Crippen LogP contribution in [0.2, 0.25) is 0 Å². The quantitative estimate of drug-likeness (QED) is 0.888. The third-order valence-corrected chi connectivity index (χ3v) is 6.18. The number of fused-ring (bicyclic) bond motifs is 1. The molecular formula is C15H19NO4S. The van der Waals surface area contributed by atoms with Crippen molar-refractivity contribution in [2.24, 2.45) is 5.92 Å². The predicted octanol–water partition coefficient (Wildman–Crippen LogP) is 1.10. The number of carbonyl (C=O) groups is 1. The molecule has 1 amide bonds. The highest BCUT2D eigenvalue weighted by Crippen LogP contribution is 2.26. The number of carbonyl (C=O) groups excluding carboxylic acids is 1. The molecular weight excluding hydrogens is 290 g/mol. The van der Waals surface area contributed by atoms with Crippen molar-refractivity contribution in [3.63, 3.8) is 0 Å². The van der Waals surface area contributed by atoms with E-state index in [1.54, 1.807) is 17.0 Å². The maximum atomic E-state index is 12.3. The largest absolute Gasteiger partial charge is 0.508 e. The average Bonchev–Trinajstić information content (AvgIpc) is 2.77. The Hall–Kier alpha value is -1.56. The van der Waals surface area contributed by atoms with Crippen molar-refractivity contribution in [1.29, 1.82) is 0 Å². The molecule has 2 heterocycles. The lowest BCUT2D eigenvalue weighted by Gasteiger charge is -2.29. The summed E-state index contributed by atoms with van der Waals surface area (Å²) < 4.78 is 22.9. The molecule has 0 aromatic heterocycles. The maximum Gasteiger partial charge on any atom is 0.223 e. The predicted molar refractivity (Wildman–Crippen MR) is 78.6 cm³/mol. The van der Waals surface area contributed by atoms with Crippen LogP contribution in [0.3, 0.4) is 0 Å². The minimum absolute atomic E-state index is 0.0195. The normalized spacial score (nSPS) is 23.8. The number of rotatable bonds is 2. The summed E-state index contributed by atoms with van der Waals surface area (Å²) in [5, 5.41) is 9.53. The van der Waals surface area contributed by atoms with E-state index in [0.717, 1.165) is 12.0 Å². The Morgan fingerprint density at radius 3 is 2.86 bits per heavy atom. The zero-order valence-electron chi connectivity index (χ0n) is 11.8. The lowest BCUT2D eigenvalue weighted by Crippen LogP contribution is -2.36. The lowest BCUT2D eigenvalue weighted by atomic mass is 9.98. The van der Waals surface area contributed by atoms with Gasteiger partial charge in [0.1, 0.15) is 5.75 Å². The number of phenolic OH excluding ortho intramolecular Hbond substituents is 1. The average molecular weight is 309 g/mol. The van der Waals surface area contributed by atoms with Crippen LogP contribution in [-0.4, -0.2) is 42.4 Å². The van der Waals surface area contributed by atoms with E-state index in [9.17, 15) is 18.3 Å². The SMILES string of the molecule is O=C(CC1CCS(=O)(=O)C1)N1CCc2ccc(O)cc2C1. The zero-order chi connectivity index (χ0) is 15.0. The molecule has 1 aromatic carbocycles. The summed E-state index contributed by atoms with van der Waals surface area (Å²) in [7, 11) is -2.93. The number of aromatic hydroxyl groups is 1. The second-order valence-electron chi connectivity index (χ2n) is 5.99. The Morgan fingerprint density at radius 2 is 2.14 bits per heavy atom. The first-order chi connectivity index (χ1) is 9.93. The first kappa shape index (κ1) is 14.4. The van der Waals surface area contributed by atoms with Crippen LogP contribution >= 0.6 is 0 Å². The summed E-state index contributed by atoms with van der Waals surface area (Å²) in [5.41, 5.74) is 2.15. The number of amides is 1. The molecule has 1 unspecified atom stereocenters. The van der Waals surface area contributed by atoms with Crippen LogP contribution in [0.15, 0.2) is 18.2 Å². The molecule has 114 valence electrons. The third-order valence-electron chi connectivity index (χ3n) is 4.34. The van der Waals surface area contributed by atoms with E-state index in [2.05, 4.69) is 0 Å². The van der Waals surface area contributed by atoms with Crippen molar-refractivity contribution in [2.45, 2.75) is 25.8 Å². The fraction of sp³-hybridized carbons (Fsp3) is 0.533. The summed E-state index contributed by atoms with van der Waals surface area (Å²) in [5.74, 6) is 0.551. The van der Waals surface area contributed by atoms with Crippen LogP contribution in [0.5, 0.6) is 5.75 Å². The molecule has 21 heavy (non-hydrogen) atoms. The second kappa shape index (κ2) is 5.33. The van der Waals surface area contributed by atoms with Crippen molar-refractivity contribution in [1.82, 2.24) is 4.90 Å². The molecule has 0 aliphatic carbocycles. The Labute approximate surface area is 124 Å². The molecule has 0 spiro atoms. The molecule has 1 saturated heterocycles. The number of phenols is 1. The van der Waals surface area contributed by atoms with E-state index in [1.165, 1.54) is 5.56 Å². The molecule has 5 nitrogen and oxygen atoms in total. The maximum absolute atomic E-state index is 12.3. The van der Waals surface area contributed by atoms with Gasteiger partial charge < -0.3 is 10.0 Å². The zero-order valence-corrected chi connectivity index (χ0v) is 12.6. The van der Waals surface area contributed by atoms with Crippen LogP contribution in [0.1, 0.15) is 24.0 Å². The summed E-state index contributed by atoms with van der Waals surface area (Å²) >= 11 is 0. The molecule has 2 aliphatic heterocycles. The molecule has 0 bridgehead atoms. The lowest BCUT2D eigenvalue weighted by molar-refractivity contribution is -0.132. The van der Waals surface area contributed by atoms with Crippen LogP contribution < -0.4 is 0 Å². The van der Waals surface area contributed by atoms with Gasteiger partial charge in [0, 0.05) is 19.5 Å². The van der Waals surface area contributed by atoms with Crippen molar-refractivity contribution < 1.29 is 18.3 Å². The van der Waals surface area contributed by atoms with Crippen molar-refractivity contribution in [2.75, 3.05) is 18.1 Å². The van der Waals surface area contributed by atoms with Gasteiger partial charge >= 0.3 is 0 Å². The highest BCUT2D eigenvalue weighted by molar-refractivity contribution is 7.91. The van der Waals surface area contributed by atoms with Crippen LogP contribution in [0.25, 0.3) is 0 Å². The number of nitrogens with zero attached hydrogens (tertiary/aromatic N) is 1. The molecule has 1 fully saturated rings. The van der Waals surface area contributed by atoms with Gasteiger partial charge in [-0.15, -0.1) is 0 Å². The number of hydrogen-bond donors (Lipinski definition) is 1. The van der Waals surface area contributed by atoms with E-state index in [-0.39, 0.29) is 29.1 Å². The van der Waals surface area contributed by atoms with E-state index < -0.39 is 9.84 Å². The van der Waals surface area contributed by atoms with Gasteiger partial charge in [-0.2, -0.15) is 0 Å². The fourth-order valence-electron chi connectivity index (χ4n) is 3.17. The van der Waals surface area contributed by atoms with E-state index in [4.69, 9.17) is 0 Å². The molecule has 3 rings (SSSR count). The molecule has 1 aromatic rings. The summed E-state index contributed by atoms with van der Waals surface area (Å²) in [6.45, 7) is 1.16. The van der Waals surface area contributed by atoms with Crippen molar-refractivity contribution in [3.8, 4) is 5.75 Å². The molecule has 2 aliphatic rings. The van der Waals surface area contributed by atoms with Crippen LogP contribution in [0, 0.1) is 5.92 Å². The van der Waals surface area contributed by atoms with Crippen LogP contribution in [0.4, 0.5) is 0 Å². The van der Waals surface area contributed by atoms with E-state index in [1.807, 2.05) is 6.07 Å². The molecule has 6 heteroatoms. The van der Waals surface area contributed by atoms with Gasteiger partial charge in [0.2, 0.25) is 5.91 Å². The Morgan fingerprint density at radius 1 is 1.33 bits per heavy atom. The topological polar surface area (TPSA) is 74.7 Å². The van der Waals surface area contributed by atoms with Gasteiger partial charge in [-0.05, 0) is 42.0 Å². The first-order valence-corrected chi connectivity index (χ1v) is 9.04. The monoisotopic (exact) mass is 309 g/mol. The van der Waals surface area contributed by atoms with Crippen LogP contribution in [-0.2, 0) is 27.6 Å². The summed E-state index contributed by atoms with van der Waals surface area (Å²) in [6.07, 6.45) is 1.69. The highest BCUT2D eigenvalue weighted by atomic mass is 32.2. The Kier molecular flexibility index (Phi) is 3.65. The van der Waals surface area contributed by atoms with Gasteiger partial charge in [-0.1, -0.05) is 6.07 Å². The van der Waals surface area contributed by atoms with Gasteiger partial charge in [0.05, 0.1) is 11.5 Å². The minimum Gasteiger partial charge on any atom is -0.508 e. The Bertz CT molecular complexity index is 668. The first-order valence-electron chi connectivity index (χ1n) is 7.22. The van der Waals surface area contributed by atoms with Crippen molar-refractivity contribution >= 4 is 15.7 Å². The van der Waals surface area contributed by atoms with Gasteiger partial charge in [0.25, 0.3) is 0 Å². The molecule has 1 N–H and O–H groups in total. The van der Waals surface area contributed by atoms with Crippen molar-refractivity contribution in [3.05, 3.63) is 29.3 Å². The van der Waals surface area contributed by atoms with Gasteiger partial charge in [0.15, 0.2) is 9.84 Å². The highest BCUT2D eigenvalue weighted by Gasteiger charge is 2.31. The van der Waals surface area contributed by atoms with E-state index in [0.29, 0.717) is 25.9 Å². The molecule has 0 saturated carbocycles. The number of sulfone groups is 1. The number of hydrogen-bond acceptors (Lipinski definition) is 4. The summed E-state index contributed by atoms with van der Waals surface area (Å²) in [6, 6.07) is 5.27. The third kappa shape index (κ3) is 3.20. The molecule has 1 atom stereocenters. The Balaban J connectivity index is 1.64. The second-order valence-corrected chi connectivity index (χ2v) is 8.22. The van der Waals surface area contributed by atoms with E-state index >= 15 is 0 Å². The smallest absolute Gasteiger partial charge is 0.223 e. The minimum atomic E-state index is -2.93. The summed E-state index contributed by atoms with van der Waals surface area (Å²) in [4.78, 5) is 14.1. The molecule has 0 radical (unpaired) electrons. The van der Waals surface area contributed by atoms with Gasteiger partial charge in [-0.25, -0.2) is 8.42 Å². The fourth-order valence-corrected chi connectivity index (χ4v) is 5.03. The van der Waals surface area contributed by atoms with Gasteiger partial charge in [-0.3, -0.25) is 4.79 Å².